The van der Waals surface area contributed by atoms with Crippen molar-refractivity contribution in [3.05, 3.63) is 28.5 Å². The predicted octanol–water partition coefficient (Wildman–Crippen LogP) is 2.62. The highest BCUT2D eigenvalue weighted by atomic mass is 32.2. The van der Waals surface area contributed by atoms with Gasteiger partial charge in [0.2, 0.25) is 11.6 Å². The first-order valence-corrected chi connectivity index (χ1v) is 7.53. The molecule has 1 heterocycles. The summed E-state index contributed by atoms with van der Waals surface area (Å²) < 4.78 is 21.0. The van der Waals surface area contributed by atoms with E-state index in [2.05, 4.69) is 10.2 Å². The molecular formula is C15H16N2O6S. The molecule has 0 saturated heterocycles. The lowest BCUT2D eigenvalue weighted by atomic mass is 10.1. The number of hydrogen-bond acceptors (Lipinski definition) is 8. The van der Waals surface area contributed by atoms with Crippen molar-refractivity contribution in [3.8, 4) is 17.2 Å². The lowest BCUT2D eigenvalue weighted by Gasteiger charge is -2.14. The van der Waals surface area contributed by atoms with Crippen LogP contribution in [0.25, 0.3) is 6.08 Å². The number of methoxy groups -OCH3 is 3. The molecule has 0 saturated carbocycles. The summed E-state index contributed by atoms with van der Waals surface area (Å²) in [5.41, 5.74) is 0.510. The van der Waals surface area contributed by atoms with Gasteiger partial charge in [-0.15, -0.1) is 10.2 Å². The third-order valence-corrected chi connectivity index (χ3v) is 3.79. The molecule has 0 atom stereocenters. The van der Waals surface area contributed by atoms with Crippen LogP contribution in [0.1, 0.15) is 11.5 Å². The number of ether oxygens (including phenoxy) is 3. The molecule has 128 valence electrons. The van der Waals surface area contributed by atoms with E-state index in [1.807, 2.05) is 0 Å². The molecule has 0 fully saturated rings. The van der Waals surface area contributed by atoms with Gasteiger partial charge in [-0.2, -0.15) is 0 Å². The van der Waals surface area contributed by atoms with Gasteiger partial charge in [0.25, 0.3) is 5.22 Å². The van der Waals surface area contributed by atoms with Crippen LogP contribution in [0.15, 0.2) is 26.7 Å². The number of thioether (sulfide) groups is 1. The van der Waals surface area contributed by atoms with E-state index in [9.17, 15) is 9.90 Å². The fraction of sp³-hybridized carbons (Fsp3) is 0.267. The topological polar surface area (TPSA) is 104 Å². The summed E-state index contributed by atoms with van der Waals surface area (Å²) in [6, 6.07) is 3.33. The highest BCUT2D eigenvalue weighted by molar-refractivity contribution is 8.03. The summed E-state index contributed by atoms with van der Waals surface area (Å²) in [7, 11) is 4.44. The number of aryl methyl sites for hydroxylation is 1. The van der Waals surface area contributed by atoms with Crippen molar-refractivity contribution >= 4 is 23.8 Å². The van der Waals surface area contributed by atoms with Crippen molar-refractivity contribution in [1.29, 1.82) is 0 Å². The van der Waals surface area contributed by atoms with Gasteiger partial charge in [-0.1, -0.05) is 0 Å². The number of hydrogen-bond donors (Lipinski definition) is 1. The van der Waals surface area contributed by atoms with Crippen LogP contribution in [0.4, 0.5) is 0 Å². The first kappa shape index (κ1) is 17.7. The maximum Gasteiger partial charge on any atom is 0.342 e. The van der Waals surface area contributed by atoms with Crippen LogP contribution in [-0.2, 0) is 4.79 Å². The van der Waals surface area contributed by atoms with Crippen LogP contribution in [0.2, 0.25) is 0 Å². The standard InChI is InChI=1S/C15H16N2O6S/c1-8-16-17-15(23-8)24-11(14(18)19)7-9-5-6-10(20-2)13(22-4)12(9)21-3/h5-7H,1-4H3,(H,18,19)/b11-7-. The summed E-state index contributed by atoms with van der Waals surface area (Å²) in [4.78, 5) is 11.5. The molecule has 1 aromatic carbocycles. The van der Waals surface area contributed by atoms with E-state index in [1.54, 1.807) is 19.1 Å². The SMILES string of the molecule is COc1ccc(/C=C(\Sc2nnc(C)o2)C(=O)O)c(OC)c1OC. The van der Waals surface area contributed by atoms with Crippen LogP contribution in [0, 0.1) is 6.92 Å². The average Bonchev–Trinajstić information content (AvgIpc) is 2.98. The Labute approximate surface area is 142 Å². The summed E-state index contributed by atoms with van der Waals surface area (Å²) in [6.07, 6.45) is 1.44. The third-order valence-electron chi connectivity index (χ3n) is 2.94. The number of nitrogens with zero attached hydrogens (tertiary/aromatic N) is 2. The van der Waals surface area contributed by atoms with E-state index in [0.29, 0.717) is 28.7 Å². The Kier molecular flexibility index (Phi) is 5.69. The molecule has 2 aromatic rings. The molecule has 9 heteroatoms. The number of aromatic nitrogens is 2. The van der Waals surface area contributed by atoms with E-state index in [0.717, 1.165) is 11.8 Å². The average molecular weight is 352 g/mol. The molecule has 0 aliphatic heterocycles. The molecule has 24 heavy (non-hydrogen) atoms. The van der Waals surface area contributed by atoms with Gasteiger partial charge in [0.15, 0.2) is 11.5 Å². The van der Waals surface area contributed by atoms with Gasteiger partial charge >= 0.3 is 5.97 Å². The Morgan fingerprint density at radius 1 is 1.17 bits per heavy atom. The monoisotopic (exact) mass is 352 g/mol. The first-order chi connectivity index (χ1) is 11.5. The van der Waals surface area contributed by atoms with Crippen molar-refractivity contribution in [1.82, 2.24) is 10.2 Å². The van der Waals surface area contributed by atoms with Crippen LogP contribution in [-0.4, -0.2) is 42.6 Å². The molecule has 0 radical (unpaired) electrons. The quantitative estimate of drug-likeness (QED) is 0.594. The van der Waals surface area contributed by atoms with Gasteiger partial charge in [0.1, 0.15) is 4.91 Å². The van der Waals surface area contributed by atoms with Gasteiger partial charge < -0.3 is 23.7 Å². The molecule has 2 rings (SSSR count). The Hall–Kier alpha value is -2.68. The van der Waals surface area contributed by atoms with Crippen LogP contribution >= 0.6 is 11.8 Å². The van der Waals surface area contributed by atoms with E-state index < -0.39 is 5.97 Å². The highest BCUT2D eigenvalue weighted by Gasteiger charge is 2.19. The summed E-state index contributed by atoms with van der Waals surface area (Å²) in [5, 5.41) is 17.0. The van der Waals surface area contributed by atoms with Gasteiger partial charge in [-0.3, -0.25) is 0 Å². The van der Waals surface area contributed by atoms with E-state index >= 15 is 0 Å². The molecule has 0 aliphatic carbocycles. The lowest BCUT2D eigenvalue weighted by Crippen LogP contribution is -1.99. The van der Waals surface area contributed by atoms with Crippen LogP contribution < -0.4 is 14.2 Å². The number of aliphatic carboxylic acids is 1. The number of carbonyl (C=O) groups is 1. The van der Waals surface area contributed by atoms with Gasteiger partial charge in [0.05, 0.1) is 21.3 Å². The first-order valence-electron chi connectivity index (χ1n) is 6.72. The fourth-order valence-electron chi connectivity index (χ4n) is 1.93. The van der Waals surface area contributed by atoms with Crippen molar-refractivity contribution in [2.75, 3.05) is 21.3 Å². The molecular weight excluding hydrogens is 336 g/mol. The Morgan fingerprint density at radius 3 is 2.38 bits per heavy atom. The summed E-state index contributed by atoms with van der Waals surface area (Å²) in [6.45, 7) is 1.62. The van der Waals surface area contributed by atoms with Gasteiger partial charge in [-0.05, 0) is 30.0 Å². The van der Waals surface area contributed by atoms with Crippen molar-refractivity contribution in [3.63, 3.8) is 0 Å². The molecule has 1 N–H and O–H groups in total. The van der Waals surface area contributed by atoms with Crippen LogP contribution in [0.5, 0.6) is 17.2 Å². The number of carboxylic acids is 1. The molecule has 0 spiro atoms. The normalized spacial score (nSPS) is 11.2. The number of carboxylic acid groups (broad SMARTS) is 1. The Bertz CT molecular complexity index is 771. The smallest absolute Gasteiger partial charge is 0.342 e. The fourth-order valence-corrected chi connectivity index (χ4v) is 2.63. The van der Waals surface area contributed by atoms with Crippen molar-refractivity contribution in [2.45, 2.75) is 12.1 Å². The Balaban J connectivity index is 2.47. The molecule has 0 bridgehead atoms. The minimum Gasteiger partial charge on any atom is -0.493 e. The second kappa shape index (κ2) is 7.73. The van der Waals surface area contributed by atoms with Gasteiger partial charge in [-0.25, -0.2) is 4.79 Å². The summed E-state index contributed by atoms with van der Waals surface area (Å²) in [5.74, 6) is 0.428. The minimum absolute atomic E-state index is 0.0100. The Morgan fingerprint density at radius 2 is 1.88 bits per heavy atom. The lowest BCUT2D eigenvalue weighted by molar-refractivity contribution is -0.131. The predicted molar refractivity (Wildman–Crippen MR) is 86.6 cm³/mol. The van der Waals surface area contributed by atoms with E-state index in [-0.39, 0.29) is 10.1 Å². The van der Waals surface area contributed by atoms with Crippen molar-refractivity contribution < 1.29 is 28.5 Å². The molecule has 0 unspecified atom stereocenters. The zero-order valence-corrected chi connectivity index (χ0v) is 14.3. The summed E-state index contributed by atoms with van der Waals surface area (Å²) >= 11 is 0.849. The maximum absolute atomic E-state index is 11.5. The second-order valence-electron chi connectivity index (χ2n) is 4.43. The number of benzene rings is 1. The second-order valence-corrected chi connectivity index (χ2v) is 5.42. The zero-order chi connectivity index (χ0) is 17.7. The third kappa shape index (κ3) is 3.80. The molecule has 0 amide bonds. The zero-order valence-electron chi connectivity index (χ0n) is 13.5. The molecule has 8 nitrogen and oxygen atoms in total. The van der Waals surface area contributed by atoms with E-state index in [4.69, 9.17) is 18.6 Å². The van der Waals surface area contributed by atoms with Gasteiger partial charge in [0, 0.05) is 12.5 Å². The largest absolute Gasteiger partial charge is 0.493 e. The minimum atomic E-state index is -1.13. The van der Waals surface area contributed by atoms with E-state index in [1.165, 1.54) is 27.4 Å². The van der Waals surface area contributed by atoms with Crippen LogP contribution in [0.3, 0.4) is 0 Å². The number of rotatable bonds is 7. The molecule has 0 aliphatic rings. The van der Waals surface area contributed by atoms with Crippen molar-refractivity contribution in [2.24, 2.45) is 0 Å². The maximum atomic E-state index is 11.5. The molecule has 1 aromatic heterocycles. The highest BCUT2D eigenvalue weighted by Crippen LogP contribution is 2.41.